The van der Waals surface area contributed by atoms with Crippen molar-refractivity contribution in [2.75, 3.05) is 19.9 Å². The minimum atomic E-state index is -0.800. The molecule has 9 nitrogen and oxygen atoms in total. The fourth-order valence-corrected chi connectivity index (χ4v) is 3.64. The van der Waals surface area contributed by atoms with Crippen LogP contribution in [0.15, 0.2) is 51.9 Å². The molecule has 2 aromatic carbocycles. The molecule has 0 bridgehead atoms. The van der Waals surface area contributed by atoms with E-state index in [2.05, 4.69) is 10.6 Å². The molecular formula is C23H22N2O7. The minimum absolute atomic E-state index is 0.0185. The van der Waals surface area contributed by atoms with Gasteiger partial charge in [0, 0.05) is 49.5 Å². The minimum Gasteiger partial charge on any atom is -0.508 e. The second-order valence-electron chi connectivity index (χ2n) is 7.37. The smallest absolute Gasteiger partial charge is 0.231 e. The molecule has 4 rings (SSSR count). The van der Waals surface area contributed by atoms with Gasteiger partial charge in [-0.25, -0.2) is 0 Å². The number of benzene rings is 2. The summed E-state index contributed by atoms with van der Waals surface area (Å²) in [6, 6.07) is 9.79. The van der Waals surface area contributed by atoms with Gasteiger partial charge in [-0.3, -0.25) is 14.4 Å². The first kappa shape index (κ1) is 21.2. The molecule has 9 heteroatoms. The summed E-state index contributed by atoms with van der Waals surface area (Å²) in [5.74, 6) is -0.681. The van der Waals surface area contributed by atoms with Crippen molar-refractivity contribution < 1.29 is 28.6 Å². The van der Waals surface area contributed by atoms with Gasteiger partial charge in [0.15, 0.2) is 16.9 Å². The number of aromatic hydroxyl groups is 1. The average Bonchev–Trinajstić information content (AvgIpc) is 3.22. The SMILES string of the molecule is CC(=O)NCCNC(=O)CC(c1cc2c(cc1O)OCO2)c1coc2ccccc2c1=O. The maximum atomic E-state index is 13.2. The lowest BCUT2D eigenvalue weighted by molar-refractivity contribution is -0.122. The standard InChI is InChI=1S/C23H22N2O7/c1-13(26)24-6-7-25-22(28)9-15(16-8-20-21(10-18(16)27)32-12-31-20)17-11-30-19-5-3-2-4-14(19)23(17)29/h2-5,8,10-11,15,27H,6-7,9,12H2,1H3,(H,24,26)(H,25,28). The molecule has 0 saturated heterocycles. The monoisotopic (exact) mass is 438 g/mol. The number of rotatable bonds is 7. The maximum Gasteiger partial charge on any atom is 0.231 e. The third-order valence-electron chi connectivity index (χ3n) is 5.19. The fourth-order valence-electron chi connectivity index (χ4n) is 3.64. The van der Waals surface area contributed by atoms with Crippen LogP contribution in [-0.4, -0.2) is 36.8 Å². The van der Waals surface area contributed by atoms with Crippen molar-refractivity contribution in [2.24, 2.45) is 0 Å². The van der Waals surface area contributed by atoms with Crippen LogP contribution in [0.5, 0.6) is 17.2 Å². The predicted molar refractivity (Wildman–Crippen MR) is 115 cm³/mol. The molecule has 0 aliphatic carbocycles. The van der Waals surface area contributed by atoms with Gasteiger partial charge in [0.1, 0.15) is 11.3 Å². The largest absolute Gasteiger partial charge is 0.508 e. The summed E-state index contributed by atoms with van der Waals surface area (Å²) in [6.07, 6.45) is 1.19. The molecule has 166 valence electrons. The van der Waals surface area contributed by atoms with Crippen LogP contribution in [0.2, 0.25) is 0 Å². The topological polar surface area (TPSA) is 127 Å². The summed E-state index contributed by atoms with van der Waals surface area (Å²) < 4.78 is 16.4. The Labute approximate surface area is 182 Å². The van der Waals surface area contributed by atoms with Crippen LogP contribution >= 0.6 is 0 Å². The van der Waals surface area contributed by atoms with E-state index >= 15 is 0 Å². The molecule has 0 fully saturated rings. The van der Waals surface area contributed by atoms with E-state index in [1.54, 1.807) is 30.3 Å². The first-order chi connectivity index (χ1) is 15.4. The van der Waals surface area contributed by atoms with E-state index in [0.29, 0.717) is 28.0 Å². The van der Waals surface area contributed by atoms with E-state index < -0.39 is 5.92 Å². The molecule has 0 radical (unpaired) electrons. The number of carbonyl (C=O) groups excluding carboxylic acids is 2. The molecule has 3 aromatic rings. The van der Waals surface area contributed by atoms with Gasteiger partial charge < -0.3 is 29.6 Å². The molecular weight excluding hydrogens is 416 g/mol. The molecule has 1 aliphatic rings. The summed E-state index contributed by atoms with van der Waals surface area (Å²) in [5, 5.41) is 16.3. The summed E-state index contributed by atoms with van der Waals surface area (Å²) in [5.41, 5.74) is 0.707. The zero-order valence-corrected chi connectivity index (χ0v) is 17.3. The molecule has 32 heavy (non-hydrogen) atoms. The third kappa shape index (κ3) is 4.36. The molecule has 1 unspecified atom stereocenters. The van der Waals surface area contributed by atoms with E-state index in [0.717, 1.165) is 0 Å². The van der Waals surface area contributed by atoms with Gasteiger partial charge in [-0.2, -0.15) is 0 Å². The quantitative estimate of drug-likeness (QED) is 0.482. The Morgan fingerprint density at radius 2 is 1.78 bits per heavy atom. The Bertz CT molecular complexity index is 1230. The van der Waals surface area contributed by atoms with Crippen molar-refractivity contribution in [3.05, 3.63) is 64.0 Å². The van der Waals surface area contributed by atoms with Crippen LogP contribution in [0.25, 0.3) is 11.0 Å². The lowest BCUT2D eigenvalue weighted by Crippen LogP contribution is -2.34. The second kappa shape index (κ2) is 9.01. The highest BCUT2D eigenvalue weighted by molar-refractivity contribution is 5.80. The molecule has 1 aliphatic heterocycles. The molecule has 2 amide bonds. The van der Waals surface area contributed by atoms with Gasteiger partial charge in [-0.1, -0.05) is 12.1 Å². The first-order valence-electron chi connectivity index (χ1n) is 10.1. The summed E-state index contributed by atoms with van der Waals surface area (Å²) in [7, 11) is 0. The Kier molecular flexibility index (Phi) is 5.98. The molecule has 3 N–H and O–H groups in total. The third-order valence-corrected chi connectivity index (χ3v) is 5.19. The lowest BCUT2D eigenvalue weighted by Gasteiger charge is -2.19. The number of para-hydroxylation sites is 1. The van der Waals surface area contributed by atoms with Crippen LogP contribution in [-0.2, 0) is 9.59 Å². The van der Waals surface area contributed by atoms with Gasteiger partial charge in [-0.15, -0.1) is 0 Å². The van der Waals surface area contributed by atoms with E-state index in [4.69, 9.17) is 13.9 Å². The van der Waals surface area contributed by atoms with Gasteiger partial charge in [0.25, 0.3) is 0 Å². The Morgan fingerprint density at radius 3 is 2.56 bits per heavy atom. The Morgan fingerprint density at radius 1 is 1.06 bits per heavy atom. The summed E-state index contributed by atoms with van der Waals surface area (Å²) >= 11 is 0. The van der Waals surface area contributed by atoms with Crippen molar-refractivity contribution in [1.29, 1.82) is 0 Å². The molecule has 0 saturated carbocycles. The normalized spacial score (nSPS) is 13.0. The van der Waals surface area contributed by atoms with E-state index in [9.17, 15) is 19.5 Å². The number of phenolic OH excluding ortho intramolecular Hbond substituents is 1. The number of carbonyl (C=O) groups is 2. The van der Waals surface area contributed by atoms with Crippen molar-refractivity contribution in [3.8, 4) is 17.2 Å². The van der Waals surface area contributed by atoms with Crippen molar-refractivity contribution >= 4 is 22.8 Å². The van der Waals surface area contributed by atoms with E-state index in [1.807, 2.05) is 0 Å². The number of hydrogen-bond donors (Lipinski definition) is 3. The van der Waals surface area contributed by atoms with Crippen LogP contribution < -0.4 is 25.5 Å². The van der Waals surface area contributed by atoms with Gasteiger partial charge in [0.05, 0.1) is 11.6 Å². The zero-order valence-electron chi connectivity index (χ0n) is 17.3. The highest BCUT2D eigenvalue weighted by Gasteiger charge is 2.28. The number of amides is 2. The van der Waals surface area contributed by atoms with Gasteiger partial charge in [0.2, 0.25) is 18.6 Å². The first-order valence-corrected chi connectivity index (χ1v) is 10.1. The number of fused-ring (bicyclic) bond motifs is 2. The number of phenols is 1. The fraction of sp³-hybridized carbons (Fsp3) is 0.261. The van der Waals surface area contributed by atoms with Crippen LogP contribution in [0.3, 0.4) is 0 Å². The van der Waals surface area contributed by atoms with Crippen molar-refractivity contribution in [2.45, 2.75) is 19.3 Å². The number of hydrogen-bond acceptors (Lipinski definition) is 7. The molecule has 0 spiro atoms. The molecule has 2 heterocycles. The maximum absolute atomic E-state index is 13.2. The summed E-state index contributed by atoms with van der Waals surface area (Å²) in [6.45, 7) is 1.91. The van der Waals surface area contributed by atoms with Gasteiger partial charge in [-0.05, 0) is 18.2 Å². The van der Waals surface area contributed by atoms with Crippen molar-refractivity contribution in [3.63, 3.8) is 0 Å². The van der Waals surface area contributed by atoms with E-state index in [-0.39, 0.29) is 54.9 Å². The Balaban J connectivity index is 1.70. The van der Waals surface area contributed by atoms with E-state index in [1.165, 1.54) is 19.3 Å². The van der Waals surface area contributed by atoms with Crippen LogP contribution in [0.4, 0.5) is 0 Å². The zero-order chi connectivity index (χ0) is 22.7. The second-order valence-corrected chi connectivity index (χ2v) is 7.37. The highest BCUT2D eigenvalue weighted by atomic mass is 16.7. The Hall–Kier alpha value is -4.01. The summed E-state index contributed by atoms with van der Waals surface area (Å²) in [4.78, 5) is 36.9. The van der Waals surface area contributed by atoms with Crippen LogP contribution in [0, 0.1) is 0 Å². The number of nitrogens with one attached hydrogen (secondary N) is 2. The van der Waals surface area contributed by atoms with Gasteiger partial charge >= 0.3 is 0 Å². The predicted octanol–water partition coefficient (Wildman–Crippen LogP) is 2.00. The molecule has 1 atom stereocenters. The van der Waals surface area contributed by atoms with Crippen LogP contribution in [0.1, 0.15) is 30.4 Å². The average molecular weight is 438 g/mol. The van der Waals surface area contributed by atoms with Crippen molar-refractivity contribution in [1.82, 2.24) is 10.6 Å². The number of ether oxygens (including phenoxy) is 2. The highest BCUT2D eigenvalue weighted by Crippen LogP contribution is 2.42. The lowest BCUT2D eigenvalue weighted by atomic mass is 9.87. The molecule has 1 aromatic heterocycles.